The Morgan fingerprint density at radius 1 is 1.14 bits per heavy atom. The van der Waals surface area contributed by atoms with Crippen LogP contribution in [0.2, 0.25) is 5.02 Å². The Morgan fingerprint density at radius 2 is 1.86 bits per heavy atom. The Bertz CT molecular complexity index is 782. The number of esters is 1. The molecule has 0 aliphatic rings. The molecule has 0 aliphatic heterocycles. The monoisotopic (exact) mass is 406 g/mol. The molecule has 0 saturated carbocycles. The first-order chi connectivity index (χ1) is 13.5. The number of ether oxygens (including phenoxy) is 3. The number of anilines is 1. The van der Waals surface area contributed by atoms with Crippen molar-refractivity contribution in [3.8, 4) is 11.5 Å². The Labute approximate surface area is 169 Å². The number of hydrogen-bond acceptors (Lipinski definition) is 6. The highest BCUT2D eigenvalue weighted by molar-refractivity contribution is 6.30. The van der Waals surface area contributed by atoms with E-state index in [0.29, 0.717) is 42.0 Å². The largest absolute Gasteiger partial charge is 0.490 e. The number of amides is 1. The second-order valence-electron chi connectivity index (χ2n) is 5.81. The van der Waals surface area contributed by atoms with Crippen molar-refractivity contribution in [3.05, 3.63) is 47.6 Å². The molecule has 0 radical (unpaired) electrons. The highest BCUT2D eigenvalue weighted by Crippen LogP contribution is 2.26. The van der Waals surface area contributed by atoms with Crippen LogP contribution in [0.1, 0.15) is 26.7 Å². The minimum Gasteiger partial charge on any atom is -0.490 e. The van der Waals surface area contributed by atoms with Gasteiger partial charge in [0.1, 0.15) is 5.82 Å². The molecule has 150 valence electrons. The number of rotatable bonds is 10. The number of carbonyl (C=O) groups is 2. The summed E-state index contributed by atoms with van der Waals surface area (Å²) in [5.41, 5.74) is 0. The average Bonchev–Trinajstić information content (AvgIpc) is 2.68. The van der Waals surface area contributed by atoms with E-state index in [4.69, 9.17) is 25.8 Å². The van der Waals surface area contributed by atoms with Gasteiger partial charge in [-0.05, 0) is 44.5 Å². The van der Waals surface area contributed by atoms with Gasteiger partial charge in [-0.1, -0.05) is 23.7 Å². The molecule has 28 heavy (non-hydrogen) atoms. The lowest BCUT2D eigenvalue weighted by Gasteiger charge is -2.14. The quantitative estimate of drug-likeness (QED) is 0.476. The summed E-state index contributed by atoms with van der Waals surface area (Å²) >= 11 is 5.74. The van der Waals surface area contributed by atoms with Crippen LogP contribution in [0.4, 0.5) is 5.82 Å². The van der Waals surface area contributed by atoms with Crippen molar-refractivity contribution in [2.45, 2.75) is 32.8 Å². The maximum absolute atomic E-state index is 12.0. The molecular weight excluding hydrogens is 384 g/mol. The molecule has 1 N–H and O–H groups in total. The molecule has 2 aromatic rings. The number of hydrogen-bond donors (Lipinski definition) is 1. The number of para-hydroxylation sites is 2. The lowest BCUT2D eigenvalue weighted by atomic mass is 10.3. The van der Waals surface area contributed by atoms with Crippen molar-refractivity contribution >= 4 is 29.3 Å². The number of pyridine rings is 1. The van der Waals surface area contributed by atoms with Crippen molar-refractivity contribution in [1.82, 2.24) is 4.98 Å². The topological polar surface area (TPSA) is 86.8 Å². The zero-order valence-electron chi connectivity index (χ0n) is 15.8. The molecule has 0 saturated heterocycles. The molecule has 0 aliphatic carbocycles. The van der Waals surface area contributed by atoms with E-state index < -0.39 is 18.0 Å². The molecule has 0 bridgehead atoms. The lowest BCUT2D eigenvalue weighted by molar-refractivity contribution is -0.153. The van der Waals surface area contributed by atoms with Crippen LogP contribution in [-0.4, -0.2) is 36.2 Å². The third-order valence-electron chi connectivity index (χ3n) is 3.59. The van der Waals surface area contributed by atoms with Crippen molar-refractivity contribution in [1.29, 1.82) is 0 Å². The summed E-state index contributed by atoms with van der Waals surface area (Å²) < 4.78 is 16.3. The minimum atomic E-state index is -0.940. The number of benzene rings is 1. The zero-order valence-corrected chi connectivity index (χ0v) is 16.6. The fourth-order valence-corrected chi connectivity index (χ4v) is 2.34. The smallest absolute Gasteiger partial charge is 0.306 e. The average molecular weight is 407 g/mol. The van der Waals surface area contributed by atoms with Gasteiger partial charge in [0.05, 0.1) is 18.2 Å². The van der Waals surface area contributed by atoms with E-state index >= 15 is 0 Å². The number of nitrogens with zero attached hydrogens (tertiary/aromatic N) is 1. The number of nitrogens with one attached hydrogen (secondary N) is 1. The summed E-state index contributed by atoms with van der Waals surface area (Å²) in [6.45, 7) is 4.26. The predicted molar refractivity (Wildman–Crippen MR) is 106 cm³/mol. The molecule has 1 heterocycles. The first-order valence-electron chi connectivity index (χ1n) is 8.96. The Hall–Kier alpha value is -2.80. The molecule has 2 rings (SSSR count). The molecule has 0 fully saturated rings. The molecule has 7 nitrogen and oxygen atoms in total. The standard InChI is InChI=1S/C20H23ClN2O5/c1-3-26-16-7-4-5-8-17(16)27-12-6-9-19(24)28-14(2)20(25)23-18-11-10-15(21)13-22-18/h4-5,7-8,10-11,13-14H,3,6,9,12H2,1-2H3,(H,22,23,25)/t14-/m0/s1. The van der Waals surface area contributed by atoms with Gasteiger partial charge in [-0.25, -0.2) is 4.98 Å². The number of carbonyl (C=O) groups excluding carboxylic acids is 2. The molecule has 1 aromatic carbocycles. The van der Waals surface area contributed by atoms with Gasteiger partial charge < -0.3 is 19.5 Å². The molecular formula is C20H23ClN2O5. The van der Waals surface area contributed by atoms with Crippen LogP contribution in [0.3, 0.4) is 0 Å². The minimum absolute atomic E-state index is 0.133. The van der Waals surface area contributed by atoms with E-state index in [2.05, 4.69) is 10.3 Å². The van der Waals surface area contributed by atoms with E-state index in [9.17, 15) is 9.59 Å². The molecule has 0 unspecified atom stereocenters. The fourth-order valence-electron chi connectivity index (χ4n) is 2.23. The molecule has 1 amide bonds. The molecule has 1 atom stereocenters. The van der Waals surface area contributed by atoms with Crippen molar-refractivity contribution in [2.75, 3.05) is 18.5 Å². The Morgan fingerprint density at radius 3 is 2.50 bits per heavy atom. The van der Waals surface area contributed by atoms with E-state index in [-0.39, 0.29) is 6.42 Å². The van der Waals surface area contributed by atoms with Crippen molar-refractivity contribution in [3.63, 3.8) is 0 Å². The second-order valence-corrected chi connectivity index (χ2v) is 6.25. The lowest BCUT2D eigenvalue weighted by Crippen LogP contribution is -2.30. The van der Waals surface area contributed by atoms with Gasteiger partial charge in [0.15, 0.2) is 17.6 Å². The van der Waals surface area contributed by atoms with Gasteiger partial charge in [-0.2, -0.15) is 0 Å². The maximum atomic E-state index is 12.0. The van der Waals surface area contributed by atoms with Gasteiger partial charge >= 0.3 is 5.97 Å². The number of halogens is 1. The van der Waals surface area contributed by atoms with Crippen LogP contribution in [0.5, 0.6) is 11.5 Å². The van der Waals surface area contributed by atoms with Crippen LogP contribution in [-0.2, 0) is 14.3 Å². The molecule has 1 aromatic heterocycles. The van der Waals surface area contributed by atoms with Crippen molar-refractivity contribution in [2.24, 2.45) is 0 Å². The highest BCUT2D eigenvalue weighted by atomic mass is 35.5. The summed E-state index contributed by atoms with van der Waals surface area (Å²) in [4.78, 5) is 27.9. The first kappa shape index (κ1) is 21.5. The third-order valence-corrected chi connectivity index (χ3v) is 3.81. The summed E-state index contributed by atoms with van der Waals surface area (Å²) in [5, 5.41) is 3.02. The first-order valence-corrected chi connectivity index (χ1v) is 9.34. The SMILES string of the molecule is CCOc1ccccc1OCCCC(=O)O[C@@H](C)C(=O)Nc1ccc(Cl)cn1. The molecule has 8 heteroatoms. The van der Waals surface area contributed by atoms with Crippen LogP contribution in [0.25, 0.3) is 0 Å². The third kappa shape index (κ3) is 7.08. The summed E-state index contributed by atoms with van der Waals surface area (Å²) in [7, 11) is 0. The van der Waals surface area contributed by atoms with E-state index in [1.54, 1.807) is 18.2 Å². The van der Waals surface area contributed by atoms with Crippen LogP contribution < -0.4 is 14.8 Å². The van der Waals surface area contributed by atoms with Gasteiger partial charge in [-0.3, -0.25) is 9.59 Å². The van der Waals surface area contributed by atoms with E-state index in [1.165, 1.54) is 13.1 Å². The van der Waals surface area contributed by atoms with E-state index in [1.807, 2.05) is 25.1 Å². The predicted octanol–water partition coefficient (Wildman–Crippen LogP) is 3.86. The van der Waals surface area contributed by atoms with E-state index in [0.717, 1.165) is 0 Å². The van der Waals surface area contributed by atoms with Crippen LogP contribution in [0, 0.1) is 0 Å². The van der Waals surface area contributed by atoms with Gasteiger partial charge in [-0.15, -0.1) is 0 Å². The zero-order chi connectivity index (χ0) is 20.4. The van der Waals surface area contributed by atoms with Gasteiger partial charge in [0.2, 0.25) is 0 Å². The summed E-state index contributed by atoms with van der Waals surface area (Å²) in [5.74, 6) is 0.673. The summed E-state index contributed by atoms with van der Waals surface area (Å²) in [6.07, 6.45) is 1.06. The van der Waals surface area contributed by atoms with Crippen LogP contribution >= 0.6 is 11.6 Å². The number of aromatic nitrogens is 1. The van der Waals surface area contributed by atoms with Crippen LogP contribution in [0.15, 0.2) is 42.6 Å². The fraction of sp³-hybridized carbons (Fsp3) is 0.350. The van der Waals surface area contributed by atoms with Crippen molar-refractivity contribution < 1.29 is 23.8 Å². The molecule has 0 spiro atoms. The van der Waals surface area contributed by atoms with Gasteiger partial charge in [0.25, 0.3) is 5.91 Å². The normalized spacial score (nSPS) is 11.4. The maximum Gasteiger partial charge on any atom is 0.306 e. The summed E-state index contributed by atoms with van der Waals surface area (Å²) in [6, 6.07) is 10.5. The van der Waals surface area contributed by atoms with Gasteiger partial charge in [0, 0.05) is 12.6 Å². The highest BCUT2D eigenvalue weighted by Gasteiger charge is 2.18. The Balaban J connectivity index is 1.70. The Kier molecular flexibility index (Phi) is 8.55. The second kappa shape index (κ2) is 11.1.